The van der Waals surface area contributed by atoms with Crippen LogP contribution in [0.2, 0.25) is 0 Å². The Labute approximate surface area is 116 Å². The number of carboxylic acids is 1. The van der Waals surface area contributed by atoms with Crippen LogP contribution in [0.1, 0.15) is 0 Å². The molecule has 102 valence electrons. The van der Waals surface area contributed by atoms with Gasteiger partial charge in [0.25, 0.3) is 0 Å². The monoisotopic (exact) mass is 288 g/mol. The van der Waals surface area contributed by atoms with Crippen molar-refractivity contribution in [2.24, 2.45) is 0 Å². The quantitative estimate of drug-likeness (QED) is 0.402. The molecule has 0 atom stereocenters. The molecule has 2 aromatic rings. The summed E-state index contributed by atoms with van der Waals surface area (Å²) < 4.78 is 12.0. The zero-order chi connectivity index (χ0) is 14.8. The second-order valence-electron chi connectivity index (χ2n) is 3.64. The number of carbonyl (C=O) groups is 1. The summed E-state index contributed by atoms with van der Waals surface area (Å²) >= 11 is 0. The SMILES string of the molecule is O=[PH](c1ccccc1)c1ccccc1.[N-]=[N+]=CC(=O)O. The molecule has 0 aliphatic carbocycles. The first-order valence-corrected chi connectivity index (χ1v) is 7.11. The molecular formula is C14H13N2O3P. The van der Waals surface area contributed by atoms with Crippen LogP contribution in [0.5, 0.6) is 0 Å². The minimum absolute atomic E-state index is 0.389. The average Bonchev–Trinajstić information content (AvgIpc) is 2.49. The molecule has 5 nitrogen and oxygen atoms in total. The molecule has 2 aromatic carbocycles. The van der Waals surface area contributed by atoms with Gasteiger partial charge in [-0.2, -0.15) is 4.79 Å². The van der Waals surface area contributed by atoms with Crippen molar-refractivity contribution in [2.45, 2.75) is 0 Å². The minimum Gasteiger partial charge on any atom is -0.473 e. The number of aliphatic carboxylic acids is 1. The Kier molecular flexibility index (Phi) is 6.69. The van der Waals surface area contributed by atoms with Crippen molar-refractivity contribution >= 4 is 30.6 Å². The summed E-state index contributed by atoms with van der Waals surface area (Å²) in [6.07, 6.45) is 0.389. The molecule has 1 N–H and O–H groups in total. The van der Waals surface area contributed by atoms with Crippen molar-refractivity contribution in [1.82, 2.24) is 0 Å². The highest BCUT2D eigenvalue weighted by Gasteiger charge is 2.03. The van der Waals surface area contributed by atoms with Crippen LogP contribution in [0.15, 0.2) is 60.7 Å². The van der Waals surface area contributed by atoms with Crippen LogP contribution in [0.3, 0.4) is 0 Å². The topological polar surface area (TPSA) is 90.8 Å². The Morgan fingerprint density at radius 1 is 1.00 bits per heavy atom. The predicted molar refractivity (Wildman–Crippen MR) is 78.5 cm³/mol. The lowest BCUT2D eigenvalue weighted by Gasteiger charge is -2.01. The van der Waals surface area contributed by atoms with Gasteiger partial charge in [0, 0.05) is 10.6 Å². The second-order valence-corrected chi connectivity index (χ2v) is 5.46. The molecule has 6 heteroatoms. The lowest BCUT2D eigenvalue weighted by atomic mass is 10.4. The standard InChI is InChI=1S/C12H11OP.C2H2N2O2/c13-14(11-7-3-1-4-8-11)12-9-5-2-6-10-12;3-4-1-2(5)6/h1-10,14H;1H,(H,5,6). The van der Waals surface area contributed by atoms with Gasteiger partial charge in [-0.25, -0.2) is 4.79 Å². The molecule has 0 aromatic heterocycles. The number of hydrogen-bond donors (Lipinski definition) is 1. The smallest absolute Gasteiger partial charge is 0.411 e. The second kappa shape index (κ2) is 8.59. The van der Waals surface area contributed by atoms with Gasteiger partial charge in [-0.1, -0.05) is 60.7 Å². The first kappa shape index (κ1) is 15.6. The van der Waals surface area contributed by atoms with Crippen LogP contribution in [0.25, 0.3) is 5.53 Å². The first-order chi connectivity index (χ1) is 9.65. The Morgan fingerprint density at radius 2 is 1.40 bits per heavy atom. The number of carboxylic acid groups (broad SMARTS) is 1. The van der Waals surface area contributed by atoms with E-state index in [9.17, 15) is 9.36 Å². The summed E-state index contributed by atoms with van der Waals surface area (Å²) in [5, 5.41) is 9.44. The molecule has 0 amide bonds. The molecule has 0 aliphatic heterocycles. The molecule has 0 spiro atoms. The third-order valence-electron chi connectivity index (χ3n) is 2.24. The number of nitrogens with zero attached hydrogens (tertiary/aromatic N) is 2. The van der Waals surface area contributed by atoms with Crippen LogP contribution in [-0.2, 0) is 9.36 Å². The Morgan fingerprint density at radius 3 is 1.65 bits per heavy atom. The molecule has 0 unspecified atom stereocenters. The van der Waals surface area contributed by atoms with Gasteiger partial charge in [0.05, 0.1) is 0 Å². The van der Waals surface area contributed by atoms with Crippen LogP contribution in [0.4, 0.5) is 0 Å². The first-order valence-electron chi connectivity index (χ1n) is 5.70. The molecule has 0 bridgehead atoms. The van der Waals surface area contributed by atoms with Crippen molar-refractivity contribution in [3.8, 4) is 0 Å². The van der Waals surface area contributed by atoms with Gasteiger partial charge < -0.3 is 15.2 Å². The number of hydrogen-bond acceptors (Lipinski definition) is 2. The van der Waals surface area contributed by atoms with Crippen molar-refractivity contribution < 1.29 is 19.3 Å². The van der Waals surface area contributed by atoms with E-state index in [0.717, 1.165) is 10.6 Å². The van der Waals surface area contributed by atoms with Crippen LogP contribution < -0.4 is 10.6 Å². The summed E-state index contributed by atoms with van der Waals surface area (Å²) in [6.45, 7) is 0. The molecule has 0 radical (unpaired) electrons. The molecular weight excluding hydrogens is 275 g/mol. The minimum atomic E-state index is -1.79. The van der Waals surface area contributed by atoms with E-state index in [2.05, 4.69) is 4.79 Å². The molecule has 2 rings (SSSR count). The van der Waals surface area contributed by atoms with E-state index in [4.69, 9.17) is 10.6 Å². The highest BCUT2D eigenvalue weighted by molar-refractivity contribution is 7.61. The van der Waals surface area contributed by atoms with Gasteiger partial charge in [0.2, 0.25) is 0 Å². The lowest BCUT2D eigenvalue weighted by molar-refractivity contribution is -0.132. The van der Waals surface area contributed by atoms with E-state index in [1.807, 2.05) is 60.7 Å². The maximum absolute atomic E-state index is 12.0. The summed E-state index contributed by atoms with van der Waals surface area (Å²) in [4.78, 5) is 11.5. The fourth-order valence-corrected chi connectivity index (χ4v) is 2.72. The number of rotatable bonds is 3. The fourth-order valence-electron chi connectivity index (χ4n) is 1.40. The third-order valence-corrected chi connectivity index (χ3v) is 3.96. The zero-order valence-electron chi connectivity index (χ0n) is 10.5. The van der Waals surface area contributed by atoms with Gasteiger partial charge in [-0.3, -0.25) is 0 Å². The van der Waals surface area contributed by atoms with Gasteiger partial charge in [0.1, 0.15) is 7.80 Å². The van der Waals surface area contributed by atoms with Crippen molar-refractivity contribution in [3.63, 3.8) is 0 Å². The van der Waals surface area contributed by atoms with Crippen molar-refractivity contribution in [2.75, 3.05) is 0 Å². The van der Waals surface area contributed by atoms with E-state index >= 15 is 0 Å². The van der Waals surface area contributed by atoms with Crippen molar-refractivity contribution in [3.05, 3.63) is 66.2 Å². The Hall–Kier alpha value is -2.48. The average molecular weight is 288 g/mol. The van der Waals surface area contributed by atoms with E-state index < -0.39 is 13.8 Å². The van der Waals surface area contributed by atoms with Gasteiger partial charge in [-0.15, -0.1) is 0 Å². The maximum atomic E-state index is 12.0. The highest BCUT2D eigenvalue weighted by atomic mass is 31.1. The fraction of sp³-hybridized carbons (Fsp3) is 0. The van der Waals surface area contributed by atoms with Gasteiger partial charge >= 0.3 is 12.2 Å². The van der Waals surface area contributed by atoms with E-state index in [-0.39, 0.29) is 0 Å². The summed E-state index contributed by atoms with van der Waals surface area (Å²) in [5.41, 5.74) is 7.43. The van der Waals surface area contributed by atoms with E-state index in [1.165, 1.54) is 0 Å². The molecule has 0 heterocycles. The lowest BCUT2D eigenvalue weighted by Crippen LogP contribution is -2.04. The Balaban J connectivity index is 0.000000286. The summed E-state index contributed by atoms with van der Waals surface area (Å²) in [7, 11) is -1.79. The summed E-state index contributed by atoms with van der Waals surface area (Å²) in [5.74, 6) is -1.25. The third kappa shape index (κ3) is 5.44. The van der Waals surface area contributed by atoms with Gasteiger partial charge in [-0.05, 0) is 0 Å². The predicted octanol–water partition coefficient (Wildman–Crippen LogP) is 1.57. The molecule has 0 aliphatic rings. The zero-order valence-corrected chi connectivity index (χ0v) is 11.5. The van der Waals surface area contributed by atoms with Gasteiger partial charge in [0.15, 0.2) is 0 Å². The van der Waals surface area contributed by atoms with Crippen LogP contribution in [-0.4, -0.2) is 22.1 Å². The molecule has 0 saturated heterocycles. The largest absolute Gasteiger partial charge is 0.473 e. The molecule has 0 saturated carbocycles. The number of benzene rings is 2. The molecule has 0 fully saturated rings. The van der Waals surface area contributed by atoms with Crippen LogP contribution in [0, 0.1) is 0 Å². The van der Waals surface area contributed by atoms with Crippen molar-refractivity contribution in [1.29, 1.82) is 0 Å². The van der Waals surface area contributed by atoms with E-state index in [0.29, 0.717) is 6.21 Å². The maximum Gasteiger partial charge on any atom is 0.411 e. The summed E-state index contributed by atoms with van der Waals surface area (Å²) in [6, 6.07) is 19.2. The normalized spacial score (nSPS) is 9.05. The molecule has 20 heavy (non-hydrogen) atoms. The van der Waals surface area contributed by atoms with Crippen LogP contribution >= 0.6 is 7.80 Å². The highest BCUT2D eigenvalue weighted by Crippen LogP contribution is 2.18. The van der Waals surface area contributed by atoms with E-state index in [1.54, 1.807) is 0 Å². The Bertz CT molecular complexity index is 582.